The summed E-state index contributed by atoms with van der Waals surface area (Å²) in [6.45, 7) is 10.1. The molecule has 1 saturated heterocycles. The number of ether oxygens (including phenoxy) is 1. The van der Waals surface area contributed by atoms with E-state index in [0.29, 0.717) is 11.2 Å². The summed E-state index contributed by atoms with van der Waals surface area (Å²) >= 11 is 0. The SMILES string of the molecule is CCCCN(CCCC)C(=O)c1cnc2nc(Nc3ccc(OC)cc3)n(CCCN3CCCCC3)c2c1. The third-order valence-electron chi connectivity index (χ3n) is 7.35. The van der Waals surface area contributed by atoms with Gasteiger partial charge in [-0.3, -0.25) is 4.79 Å². The Kier molecular flexibility index (Phi) is 10.4. The molecule has 0 spiro atoms. The standard InChI is InChI=1S/C30H44N6O2/c1-4-6-19-35(20-7-5-2)29(37)24-22-27-28(31-23-24)33-30(32-25-12-14-26(38-3)15-13-25)36(27)21-11-18-34-16-9-8-10-17-34/h12-15,22-23H,4-11,16-21H2,1-3H3,(H,31,32,33). The lowest BCUT2D eigenvalue weighted by molar-refractivity contribution is 0.0751. The summed E-state index contributed by atoms with van der Waals surface area (Å²) in [7, 11) is 1.67. The Morgan fingerprint density at radius 3 is 2.37 bits per heavy atom. The number of carbonyl (C=O) groups excluding carboxylic acids is 1. The van der Waals surface area contributed by atoms with E-state index in [-0.39, 0.29) is 5.91 Å². The van der Waals surface area contributed by atoms with Gasteiger partial charge in [-0.25, -0.2) is 4.98 Å². The van der Waals surface area contributed by atoms with Crippen molar-refractivity contribution in [1.82, 2.24) is 24.3 Å². The van der Waals surface area contributed by atoms with Gasteiger partial charge < -0.3 is 24.4 Å². The summed E-state index contributed by atoms with van der Waals surface area (Å²) in [5.41, 5.74) is 3.12. The molecule has 1 N–H and O–H groups in total. The van der Waals surface area contributed by atoms with Gasteiger partial charge in [0.1, 0.15) is 5.75 Å². The second kappa shape index (κ2) is 14.1. The van der Waals surface area contributed by atoms with Crippen molar-refractivity contribution in [1.29, 1.82) is 0 Å². The molecular formula is C30H44N6O2. The van der Waals surface area contributed by atoms with Crippen LogP contribution in [0.3, 0.4) is 0 Å². The molecule has 206 valence electrons. The van der Waals surface area contributed by atoms with Crippen molar-refractivity contribution in [3.05, 3.63) is 42.1 Å². The molecule has 1 aliphatic rings. The first-order chi connectivity index (χ1) is 18.6. The number of unbranched alkanes of at least 4 members (excludes halogenated alkanes) is 2. The lowest BCUT2D eigenvalue weighted by Gasteiger charge is -2.26. The second-order valence-corrected chi connectivity index (χ2v) is 10.3. The molecule has 3 heterocycles. The van der Waals surface area contributed by atoms with Crippen LogP contribution in [0.25, 0.3) is 11.2 Å². The van der Waals surface area contributed by atoms with Gasteiger partial charge >= 0.3 is 0 Å². The minimum absolute atomic E-state index is 0.0621. The number of anilines is 2. The van der Waals surface area contributed by atoms with Crippen LogP contribution in [0.1, 0.15) is 75.6 Å². The van der Waals surface area contributed by atoms with Gasteiger partial charge in [0, 0.05) is 31.5 Å². The largest absolute Gasteiger partial charge is 0.497 e. The number of hydrogen-bond acceptors (Lipinski definition) is 6. The molecule has 0 unspecified atom stereocenters. The topological polar surface area (TPSA) is 75.5 Å². The highest BCUT2D eigenvalue weighted by Gasteiger charge is 2.19. The Balaban J connectivity index is 1.60. The first-order valence-electron chi connectivity index (χ1n) is 14.4. The Morgan fingerprint density at radius 2 is 1.71 bits per heavy atom. The molecule has 0 radical (unpaired) electrons. The average molecular weight is 521 g/mol. The molecule has 1 aliphatic heterocycles. The number of fused-ring (bicyclic) bond motifs is 1. The van der Waals surface area contributed by atoms with Crippen molar-refractivity contribution in [3.63, 3.8) is 0 Å². The van der Waals surface area contributed by atoms with Crippen molar-refractivity contribution in [2.45, 2.75) is 71.8 Å². The maximum atomic E-state index is 13.5. The van der Waals surface area contributed by atoms with Gasteiger partial charge in [0.05, 0.1) is 18.2 Å². The number of methoxy groups -OCH3 is 1. The summed E-state index contributed by atoms with van der Waals surface area (Å²) in [5, 5.41) is 3.48. The highest BCUT2D eigenvalue weighted by Crippen LogP contribution is 2.25. The number of nitrogens with one attached hydrogen (secondary N) is 1. The fourth-order valence-electron chi connectivity index (χ4n) is 5.08. The molecular weight excluding hydrogens is 476 g/mol. The first-order valence-corrected chi connectivity index (χ1v) is 14.4. The minimum atomic E-state index is 0.0621. The fourth-order valence-corrected chi connectivity index (χ4v) is 5.08. The molecule has 1 amide bonds. The number of likely N-dealkylation sites (tertiary alicyclic amines) is 1. The molecule has 38 heavy (non-hydrogen) atoms. The summed E-state index contributed by atoms with van der Waals surface area (Å²) in [6.07, 6.45) is 10.8. The van der Waals surface area contributed by atoms with E-state index in [1.807, 2.05) is 35.2 Å². The van der Waals surface area contributed by atoms with E-state index in [4.69, 9.17) is 9.72 Å². The summed E-state index contributed by atoms with van der Waals surface area (Å²) in [5.74, 6) is 1.62. The summed E-state index contributed by atoms with van der Waals surface area (Å²) < 4.78 is 7.50. The van der Waals surface area contributed by atoms with Crippen molar-refractivity contribution in [2.75, 3.05) is 45.2 Å². The monoisotopic (exact) mass is 520 g/mol. The van der Waals surface area contributed by atoms with Gasteiger partial charge in [0.2, 0.25) is 5.95 Å². The van der Waals surface area contributed by atoms with Gasteiger partial charge in [-0.1, -0.05) is 33.1 Å². The van der Waals surface area contributed by atoms with Crippen molar-refractivity contribution in [3.8, 4) is 5.75 Å². The Labute approximate surface area is 227 Å². The van der Waals surface area contributed by atoms with Crippen LogP contribution >= 0.6 is 0 Å². The third kappa shape index (κ3) is 7.25. The molecule has 2 aromatic heterocycles. The van der Waals surface area contributed by atoms with Gasteiger partial charge in [0.15, 0.2) is 5.65 Å². The van der Waals surface area contributed by atoms with Crippen LogP contribution in [0, 0.1) is 0 Å². The number of nitrogens with zero attached hydrogens (tertiary/aromatic N) is 5. The lowest BCUT2D eigenvalue weighted by Crippen LogP contribution is -2.33. The van der Waals surface area contributed by atoms with E-state index in [1.54, 1.807) is 13.3 Å². The Bertz CT molecular complexity index is 1150. The van der Waals surface area contributed by atoms with Crippen molar-refractivity contribution < 1.29 is 9.53 Å². The normalized spacial score (nSPS) is 14.1. The van der Waals surface area contributed by atoms with Crippen LogP contribution in [0.15, 0.2) is 36.5 Å². The molecule has 8 nitrogen and oxygen atoms in total. The molecule has 0 bridgehead atoms. The summed E-state index contributed by atoms with van der Waals surface area (Å²) in [6, 6.07) is 9.82. The fraction of sp³-hybridized carbons (Fsp3) is 0.567. The number of rotatable bonds is 14. The number of imidazole rings is 1. The van der Waals surface area contributed by atoms with E-state index in [9.17, 15) is 4.79 Å². The zero-order valence-corrected chi connectivity index (χ0v) is 23.4. The first kappa shape index (κ1) is 27.9. The number of benzene rings is 1. The zero-order chi connectivity index (χ0) is 26.7. The predicted octanol–water partition coefficient (Wildman–Crippen LogP) is 6.10. The lowest BCUT2D eigenvalue weighted by atomic mass is 10.1. The van der Waals surface area contributed by atoms with E-state index in [1.165, 1.54) is 32.4 Å². The van der Waals surface area contributed by atoms with E-state index >= 15 is 0 Å². The number of amides is 1. The molecule has 8 heteroatoms. The zero-order valence-electron chi connectivity index (χ0n) is 23.4. The maximum absolute atomic E-state index is 13.5. The third-order valence-corrected chi connectivity index (χ3v) is 7.35. The molecule has 0 atom stereocenters. The van der Waals surface area contributed by atoms with Gasteiger partial charge in [-0.2, -0.15) is 4.98 Å². The number of piperidine rings is 1. The Hall–Kier alpha value is -3.13. The number of aryl methyl sites for hydroxylation is 1. The molecule has 1 fully saturated rings. The molecule has 0 saturated carbocycles. The molecule has 3 aromatic rings. The van der Waals surface area contributed by atoms with Crippen LogP contribution in [0.5, 0.6) is 5.75 Å². The average Bonchev–Trinajstić information content (AvgIpc) is 3.29. The van der Waals surface area contributed by atoms with E-state index in [0.717, 1.165) is 81.2 Å². The van der Waals surface area contributed by atoms with Crippen molar-refractivity contribution >= 4 is 28.7 Å². The predicted molar refractivity (Wildman–Crippen MR) is 154 cm³/mol. The quantitative estimate of drug-likeness (QED) is 0.277. The van der Waals surface area contributed by atoms with E-state index in [2.05, 4.69) is 33.6 Å². The highest BCUT2D eigenvalue weighted by atomic mass is 16.5. The Morgan fingerprint density at radius 1 is 1.00 bits per heavy atom. The molecule has 1 aromatic carbocycles. The van der Waals surface area contributed by atoms with Gasteiger partial charge in [0.25, 0.3) is 5.91 Å². The van der Waals surface area contributed by atoms with Crippen LogP contribution in [-0.4, -0.2) is 70.1 Å². The molecule has 4 rings (SSSR count). The highest BCUT2D eigenvalue weighted by molar-refractivity contribution is 5.96. The van der Waals surface area contributed by atoms with Crippen LogP contribution in [-0.2, 0) is 6.54 Å². The number of aromatic nitrogens is 3. The van der Waals surface area contributed by atoms with Crippen molar-refractivity contribution in [2.24, 2.45) is 0 Å². The summed E-state index contributed by atoms with van der Waals surface area (Å²) in [4.78, 5) is 27.5. The van der Waals surface area contributed by atoms with Crippen LogP contribution < -0.4 is 10.1 Å². The van der Waals surface area contributed by atoms with Crippen LogP contribution in [0.2, 0.25) is 0 Å². The minimum Gasteiger partial charge on any atom is -0.497 e. The van der Waals surface area contributed by atoms with Gasteiger partial charge in [-0.05, 0) is 82.1 Å². The van der Waals surface area contributed by atoms with Crippen LogP contribution in [0.4, 0.5) is 11.6 Å². The number of hydrogen-bond donors (Lipinski definition) is 1. The van der Waals surface area contributed by atoms with E-state index < -0.39 is 0 Å². The van der Waals surface area contributed by atoms with Gasteiger partial charge in [-0.15, -0.1) is 0 Å². The number of carbonyl (C=O) groups is 1. The smallest absolute Gasteiger partial charge is 0.255 e. The second-order valence-electron chi connectivity index (χ2n) is 10.3. The maximum Gasteiger partial charge on any atom is 0.255 e. The number of pyridine rings is 1. The molecule has 0 aliphatic carbocycles.